The average Bonchev–Trinajstić information content (AvgIpc) is 2.71. The Kier molecular flexibility index (Phi) is 2.94. The molecule has 1 aliphatic rings. The molecule has 1 fully saturated rings. The smallest absolute Gasteiger partial charge is 0.272 e. The van der Waals surface area contributed by atoms with Crippen molar-refractivity contribution in [3.05, 3.63) is 39.9 Å². The van der Waals surface area contributed by atoms with E-state index in [2.05, 4.69) is 0 Å². The Morgan fingerprint density at radius 1 is 1.33 bits per heavy atom. The fourth-order valence-corrected chi connectivity index (χ4v) is 1.57. The molecule has 1 aliphatic heterocycles. The van der Waals surface area contributed by atoms with E-state index >= 15 is 0 Å². The van der Waals surface area contributed by atoms with Crippen molar-refractivity contribution in [2.75, 3.05) is 13.2 Å². The van der Waals surface area contributed by atoms with Gasteiger partial charge in [0.1, 0.15) is 0 Å². The minimum absolute atomic E-state index is 0.122. The van der Waals surface area contributed by atoms with Crippen LogP contribution in [-0.4, -0.2) is 24.4 Å². The Morgan fingerprint density at radius 3 is 2.67 bits per heavy atom. The van der Waals surface area contributed by atoms with Crippen LogP contribution in [-0.2, 0) is 15.9 Å². The van der Waals surface area contributed by atoms with Crippen LogP contribution in [0.15, 0.2) is 24.3 Å². The van der Waals surface area contributed by atoms with Crippen LogP contribution in [0.2, 0.25) is 0 Å². The van der Waals surface area contributed by atoms with Crippen molar-refractivity contribution in [3.63, 3.8) is 0 Å². The van der Waals surface area contributed by atoms with Crippen molar-refractivity contribution in [1.82, 2.24) is 0 Å². The van der Waals surface area contributed by atoms with Crippen molar-refractivity contribution in [2.45, 2.75) is 12.7 Å². The van der Waals surface area contributed by atoms with Gasteiger partial charge in [-0.3, -0.25) is 10.1 Å². The molecule has 80 valence electrons. The monoisotopic (exact) mass is 209 g/mol. The van der Waals surface area contributed by atoms with E-state index in [1.54, 1.807) is 18.2 Å². The Balaban J connectivity index is 2.15. The molecule has 5 nitrogen and oxygen atoms in total. The van der Waals surface area contributed by atoms with Crippen LogP contribution in [0.5, 0.6) is 0 Å². The maximum Gasteiger partial charge on any atom is 0.272 e. The summed E-state index contributed by atoms with van der Waals surface area (Å²) in [5.74, 6) is 0. The molecule has 0 aromatic heterocycles. The zero-order valence-electron chi connectivity index (χ0n) is 8.09. The number of ether oxygens (including phenoxy) is 2. The van der Waals surface area contributed by atoms with Crippen molar-refractivity contribution in [2.24, 2.45) is 0 Å². The summed E-state index contributed by atoms with van der Waals surface area (Å²) < 4.78 is 10.5. The first kappa shape index (κ1) is 10.1. The van der Waals surface area contributed by atoms with Gasteiger partial charge in [-0.15, -0.1) is 0 Å². The van der Waals surface area contributed by atoms with Gasteiger partial charge >= 0.3 is 0 Å². The van der Waals surface area contributed by atoms with E-state index in [0.717, 1.165) is 0 Å². The largest absolute Gasteiger partial charge is 0.350 e. The second-order valence-electron chi connectivity index (χ2n) is 3.26. The molecule has 0 bridgehead atoms. The van der Waals surface area contributed by atoms with Gasteiger partial charge in [-0.25, -0.2) is 0 Å². The lowest BCUT2D eigenvalue weighted by molar-refractivity contribution is -0.385. The molecule has 0 saturated carbocycles. The normalized spacial score (nSPS) is 16.8. The molecule has 5 heteroatoms. The van der Waals surface area contributed by atoms with E-state index in [4.69, 9.17) is 9.47 Å². The van der Waals surface area contributed by atoms with Crippen LogP contribution in [0.3, 0.4) is 0 Å². The van der Waals surface area contributed by atoms with E-state index in [-0.39, 0.29) is 16.9 Å². The summed E-state index contributed by atoms with van der Waals surface area (Å²) in [6.45, 7) is 1.12. The van der Waals surface area contributed by atoms with Gasteiger partial charge in [-0.1, -0.05) is 18.2 Å². The maximum absolute atomic E-state index is 10.7. The molecule has 1 heterocycles. The number of hydrogen-bond acceptors (Lipinski definition) is 4. The van der Waals surface area contributed by atoms with Crippen molar-refractivity contribution in [1.29, 1.82) is 0 Å². The number of rotatable bonds is 3. The van der Waals surface area contributed by atoms with E-state index in [1.165, 1.54) is 6.07 Å². The van der Waals surface area contributed by atoms with Crippen LogP contribution >= 0.6 is 0 Å². The molecule has 2 rings (SSSR count). The predicted molar refractivity (Wildman–Crippen MR) is 52.5 cm³/mol. The average molecular weight is 209 g/mol. The van der Waals surface area contributed by atoms with Gasteiger partial charge in [0.05, 0.1) is 18.1 Å². The number of hydrogen-bond donors (Lipinski definition) is 0. The van der Waals surface area contributed by atoms with Crippen LogP contribution < -0.4 is 0 Å². The summed E-state index contributed by atoms with van der Waals surface area (Å²) >= 11 is 0. The van der Waals surface area contributed by atoms with Crippen LogP contribution in [0.4, 0.5) is 5.69 Å². The van der Waals surface area contributed by atoms with Crippen molar-refractivity contribution >= 4 is 5.69 Å². The second-order valence-corrected chi connectivity index (χ2v) is 3.26. The summed E-state index contributed by atoms with van der Waals surface area (Å²) in [6.07, 6.45) is 0.0862. The standard InChI is InChI=1S/C10H11NO4/c12-11(13)9-4-2-1-3-8(9)7-10-14-5-6-15-10/h1-4,10H,5-7H2. The topological polar surface area (TPSA) is 61.6 Å². The third-order valence-electron chi connectivity index (χ3n) is 2.27. The van der Waals surface area contributed by atoms with Gasteiger partial charge in [0.15, 0.2) is 6.29 Å². The fourth-order valence-electron chi connectivity index (χ4n) is 1.57. The second kappa shape index (κ2) is 4.37. The van der Waals surface area contributed by atoms with E-state index in [9.17, 15) is 10.1 Å². The van der Waals surface area contributed by atoms with Gasteiger partial charge in [-0.2, -0.15) is 0 Å². The highest BCUT2D eigenvalue weighted by Gasteiger charge is 2.21. The molecule has 0 spiro atoms. The number of nitro groups is 1. The minimum Gasteiger partial charge on any atom is -0.350 e. The summed E-state index contributed by atoms with van der Waals surface area (Å²) in [6, 6.07) is 6.64. The summed E-state index contributed by atoms with van der Waals surface area (Å²) in [5.41, 5.74) is 0.769. The molecule has 0 radical (unpaired) electrons. The Labute approximate surface area is 86.8 Å². The van der Waals surface area contributed by atoms with Gasteiger partial charge in [0, 0.05) is 18.1 Å². The Morgan fingerprint density at radius 2 is 2.00 bits per heavy atom. The minimum atomic E-state index is -0.385. The summed E-state index contributed by atoms with van der Waals surface area (Å²) in [7, 11) is 0. The maximum atomic E-state index is 10.7. The van der Waals surface area contributed by atoms with Crippen molar-refractivity contribution < 1.29 is 14.4 Å². The van der Waals surface area contributed by atoms with Crippen LogP contribution in [0.1, 0.15) is 5.56 Å². The molecule has 15 heavy (non-hydrogen) atoms. The quantitative estimate of drug-likeness (QED) is 0.559. The number of nitrogens with zero attached hydrogens (tertiary/aromatic N) is 1. The van der Waals surface area contributed by atoms with Crippen molar-refractivity contribution in [3.8, 4) is 0 Å². The van der Waals surface area contributed by atoms with Gasteiger partial charge in [0.2, 0.25) is 0 Å². The van der Waals surface area contributed by atoms with E-state index < -0.39 is 0 Å². The lowest BCUT2D eigenvalue weighted by Crippen LogP contribution is -2.12. The molecule has 0 aliphatic carbocycles. The number of para-hydroxylation sites is 1. The Bertz CT molecular complexity index is 360. The third kappa shape index (κ3) is 2.31. The zero-order chi connectivity index (χ0) is 10.7. The lowest BCUT2D eigenvalue weighted by atomic mass is 10.1. The molecule has 1 saturated heterocycles. The highest BCUT2D eigenvalue weighted by Crippen LogP contribution is 2.21. The lowest BCUT2D eigenvalue weighted by Gasteiger charge is -2.08. The molecule has 1 aromatic carbocycles. The molecule has 0 atom stereocenters. The molecule has 1 aromatic rings. The summed E-state index contributed by atoms with van der Waals surface area (Å²) in [5, 5.41) is 10.7. The predicted octanol–water partition coefficient (Wildman–Crippen LogP) is 1.51. The van der Waals surface area contributed by atoms with Gasteiger partial charge in [0.25, 0.3) is 5.69 Å². The molecule has 0 N–H and O–H groups in total. The van der Waals surface area contributed by atoms with Gasteiger partial charge in [-0.05, 0) is 0 Å². The number of nitro benzene ring substituents is 1. The first-order valence-electron chi connectivity index (χ1n) is 4.73. The van der Waals surface area contributed by atoms with Crippen LogP contribution in [0, 0.1) is 10.1 Å². The third-order valence-corrected chi connectivity index (χ3v) is 2.27. The first-order valence-corrected chi connectivity index (χ1v) is 4.73. The molecular formula is C10H11NO4. The molecular weight excluding hydrogens is 198 g/mol. The number of benzene rings is 1. The highest BCUT2D eigenvalue weighted by molar-refractivity contribution is 5.40. The van der Waals surface area contributed by atoms with Gasteiger partial charge < -0.3 is 9.47 Å². The van der Waals surface area contributed by atoms with E-state index in [0.29, 0.717) is 25.2 Å². The first-order chi connectivity index (χ1) is 7.27. The highest BCUT2D eigenvalue weighted by atomic mass is 16.7. The van der Waals surface area contributed by atoms with E-state index in [1.807, 2.05) is 0 Å². The molecule has 0 amide bonds. The Hall–Kier alpha value is -1.46. The SMILES string of the molecule is O=[N+]([O-])c1ccccc1CC1OCCO1. The zero-order valence-corrected chi connectivity index (χ0v) is 8.09. The fraction of sp³-hybridized carbons (Fsp3) is 0.400. The van der Waals surface area contributed by atoms with Crippen LogP contribution in [0.25, 0.3) is 0 Å². The summed E-state index contributed by atoms with van der Waals surface area (Å²) in [4.78, 5) is 10.3. The molecule has 0 unspecified atom stereocenters.